The number of aliphatic carboxylic acids is 1. The molecule has 0 bridgehead atoms. The van der Waals surface area contributed by atoms with Gasteiger partial charge in [0.1, 0.15) is 0 Å². The van der Waals surface area contributed by atoms with E-state index in [-0.39, 0.29) is 25.0 Å². The number of carboxylic acid groups (broad SMARTS) is 1. The summed E-state index contributed by atoms with van der Waals surface area (Å²) in [6.45, 7) is 0.125. The lowest BCUT2D eigenvalue weighted by atomic mass is 10.2. The first-order valence-electron chi connectivity index (χ1n) is 5.19. The van der Waals surface area contributed by atoms with Gasteiger partial charge in [0.05, 0.1) is 6.42 Å². The molecule has 1 rings (SSSR count). The highest BCUT2D eigenvalue weighted by atomic mass is 32.2. The van der Waals surface area contributed by atoms with Gasteiger partial charge < -0.3 is 15.7 Å². The molecule has 1 aliphatic heterocycles. The van der Waals surface area contributed by atoms with Crippen LogP contribution in [0, 0.1) is 0 Å². The van der Waals surface area contributed by atoms with Gasteiger partial charge >= 0.3 is 12.0 Å². The summed E-state index contributed by atoms with van der Waals surface area (Å²) in [5.41, 5.74) is 0. The van der Waals surface area contributed by atoms with Crippen LogP contribution >= 0.6 is 0 Å². The minimum Gasteiger partial charge on any atom is -0.481 e. The molecule has 0 radical (unpaired) electrons. The Balaban J connectivity index is 2.14. The monoisotopic (exact) mass is 248 g/mol. The maximum atomic E-state index is 11.3. The summed E-state index contributed by atoms with van der Waals surface area (Å²) in [6.07, 6.45) is 1.36. The first-order valence-corrected chi connectivity index (χ1v) is 6.68. The summed E-state index contributed by atoms with van der Waals surface area (Å²) >= 11 is 0. The van der Waals surface area contributed by atoms with Gasteiger partial charge in [-0.05, 0) is 12.8 Å². The lowest BCUT2D eigenvalue weighted by Crippen LogP contribution is -2.45. The largest absolute Gasteiger partial charge is 0.481 e. The van der Waals surface area contributed by atoms with E-state index >= 15 is 0 Å². The third-order valence-corrected chi connectivity index (χ3v) is 3.73. The van der Waals surface area contributed by atoms with Crippen LogP contribution in [0.1, 0.15) is 19.3 Å². The first-order chi connectivity index (χ1) is 7.58. The molecule has 1 aliphatic rings. The highest BCUT2D eigenvalue weighted by Gasteiger charge is 2.19. The lowest BCUT2D eigenvalue weighted by molar-refractivity contribution is -0.136. The molecule has 92 valence electrons. The van der Waals surface area contributed by atoms with E-state index in [1.54, 1.807) is 0 Å². The second-order valence-corrected chi connectivity index (χ2v) is 5.36. The highest BCUT2D eigenvalue weighted by molar-refractivity contribution is 7.85. The normalized spacial score (nSPS) is 24.8. The van der Waals surface area contributed by atoms with Crippen molar-refractivity contribution in [2.24, 2.45) is 0 Å². The Morgan fingerprint density at radius 1 is 1.31 bits per heavy atom. The molecule has 0 saturated carbocycles. The van der Waals surface area contributed by atoms with E-state index in [2.05, 4.69) is 10.6 Å². The zero-order valence-corrected chi connectivity index (χ0v) is 9.72. The van der Waals surface area contributed by atoms with Gasteiger partial charge in [-0.15, -0.1) is 0 Å². The Morgan fingerprint density at radius 2 is 1.94 bits per heavy atom. The molecule has 2 amide bonds. The van der Waals surface area contributed by atoms with Crippen molar-refractivity contribution in [3.05, 3.63) is 0 Å². The molecular formula is C9H16N2O4S. The molecule has 0 atom stereocenters. The second kappa shape index (κ2) is 6.47. The minimum absolute atomic E-state index is 0.0579. The summed E-state index contributed by atoms with van der Waals surface area (Å²) in [7, 11) is -0.737. The van der Waals surface area contributed by atoms with Crippen LogP contribution in [0.3, 0.4) is 0 Å². The van der Waals surface area contributed by atoms with Crippen LogP contribution in [0.2, 0.25) is 0 Å². The summed E-state index contributed by atoms with van der Waals surface area (Å²) < 4.78 is 11.1. The van der Waals surface area contributed by atoms with E-state index in [0.717, 1.165) is 12.8 Å². The average Bonchev–Trinajstić information content (AvgIpc) is 2.21. The number of carbonyl (C=O) groups is 2. The molecule has 0 unspecified atom stereocenters. The van der Waals surface area contributed by atoms with Gasteiger partial charge in [0, 0.05) is 34.9 Å². The SMILES string of the molecule is O=C(O)CCNC(=O)NC1CCS(=O)CC1. The molecule has 0 aromatic rings. The third-order valence-electron chi connectivity index (χ3n) is 2.35. The van der Waals surface area contributed by atoms with E-state index in [9.17, 15) is 13.8 Å². The van der Waals surface area contributed by atoms with Gasteiger partial charge in [-0.1, -0.05) is 0 Å². The molecule has 3 N–H and O–H groups in total. The van der Waals surface area contributed by atoms with Gasteiger partial charge in [0.15, 0.2) is 0 Å². The maximum absolute atomic E-state index is 11.3. The molecular weight excluding hydrogens is 232 g/mol. The topological polar surface area (TPSA) is 95.5 Å². The Morgan fingerprint density at radius 3 is 2.50 bits per heavy atom. The van der Waals surface area contributed by atoms with Gasteiger partial charge in [-0.2, -0.15) is 0 Å². The smallest absolute Gasteiger partial charge is 0.315 e. The predicted molar refractivity (Wildman–Crippen MR) is 59.7 cm³/mol. The first kappa shape index (κ1) is 13.0. The molecule has 16 heavy (non-hydrogen) atoms. The second-order valence-electron chi connectivity index (χ2n) is 3.67. The number of hydrogen-bond acceptors (Lipinski definition) is 3. The Hall–Kier alpha value is -1.11. The molecule has 7 heteroatoms. The van der Waals surface area contributed by atoms with E-state index in [1.807, 2.05) is 0 Å². The third kappa shape index (κ3) is 5.11. The van der Waals surface area contributed by atoms with Crippen molar-refractivity contribution < 1.29 is 18.9 Å². The summed E-state index contributed by atoms with van der Waals surface area (Å²) in [4.78, 5) is 21.5. The summed E-state index contributed by atoms with van der Waals surface area (Å²) in [6, 6.07) is -0.290. The predicted octanol–water partition coefficient (Wildman–Crippen LogP) is -0.329. The van der Waals surface area contributed by atoms with Crippen molar-refractivity contribution in [3.63, 3.8) is 0 Å². The minimum atomic E-state index is -0.937. The Bertz CT molecular complexity index is 285. The number of rotatable bonds is 4. The van der Waals surface area contributed by atoms with E-state index in [4.69, 9.17) is 5.11 Å². The van der Waals surface area contributed by atoms with Crippen LogP contribution in [0.5, 0.6) is 0 Å². The maximum Gasteiger partial charge on any atom is 0.315 e. The quantitative estimate of drug-likeness (QED) is 0.635. The number of carbonyl (C=O) groups excluding carboxylic acids is 1. The van der Waals surface area contributed by atoms with Crippen LogP contribution < -0.4 is 10.6 Å². The number of nitrogens with one attached hydrogen (secondary N) is 2. The van der Waals surface area contributed by atoms with Crippen molar-refractivity contribution >= 4 is 22.8 Å². The van der Waals surface area contributed by atoms with Crippen LogP contribution in [0.25, 0.3) is 0 Å². The molecule has 1 fully saturated rings. The molecule has 0 aromatic heterocycles. The summed E-state index contributed by atoms with van der Waals surface area (Å²) in [5, 5.41) is 13.6. The van der Waals surface area contributed by atoms with Crippen molar-refractivity contribution in [2.75, 3.05) is 18.1 Å². The number of hydrogen-bond donors (Lipinski definition) is 3. The number of carboxylic acids is 1. The molecule has 1 heterocycles. The fourth-order valence-electron chi connectivity index (χ4n) is 1.46. The molecule has 6 nitrogen and oxygen atoms in total. The van der Waals surface area contributed by atoms with E-state index < -0.39 is 16.8 Å². The van der Waals surface area contributed by atoms with Crippen LogP contribution in [0.15, 0.2) is 0 Å². The van der Waals surface area contributed by atoms with Gasteiger partial charge in [-0.3, -0.25) is 9.00 Å². The van der Waals surface area contributed by atoms with Gasteiger partial charge in [0.25, 0.3) is 0 Å². The number of amides is 2. The Labute approximate surface area is 96.2 Å². The zero-order valence-electron chi connectivity index (χ0n) is 8.90. The molecule has 0 spiro atoms. The van der Waals surface area contributed by atoms with Crippen LogP contribution in [-0.4, -0.2) is 45.4 Å². The zero-order chi connectivity index (χ0) is 12.0. The lowest BCUT2D eigenvalue weighted by Gasteiger charge is -2.22. The average molecular weight is 248 g/mol. The Kier molecular flexibility index (Phi) is 5.24. The fourth-order valence-corrected chi connectivity index (χ4v) is 2.76. The molecule has 0 aromatic carbocycles. The van der Waals surface area contributed by atoms with Crippen LogP contribution in [-0.2, 0) is 15.6 Å². The van der Waals surface area contributed by atoms with Gasteiger partial charge in [-0.25, -0.2) is 4.79 Å². The number of urea groups is 1. The summed E-state index contributed by atoms with van der Waals surface area (Å²) in [5.74, 6) is 0.313. The standard InChI is InChI=1S/C9H16N2O4S/c12-8(13)1-4-10-9(14)11-7-2-5-16(15)6-3-7/h7H,1-6H2,(H,12,13)(H2,10,11,14). The highest BCUT2D eigenvalue weighted by Crippen LogP contribution is 2.08. The van der Waals surface area contributed by atoms with E-state index in [0.29, 0.717) is 11.5 Å². The van der Waals surface area contributed by atoms with Crippen molar-refractivity contribution in [3.8, 4) is 0 Å². The van der Waals surface area contributed by atoms with E-state index in [1.165, 1.54) is 0 Å². The van der Waals surface area contributed by atoms with Crippen molar-refractivity contribution in [1.82, 2.24) is 10.6 Å². The molecule has 0 aliphatic carbocycles. The van der Waals surface area contributed by atoms with Crippen molar-refractivity contribution in [2.45, 2.75) is 25.3 Å². The van der Waals surface area contributed by atoms with Crippen LogP contribution in [0.4, 0.5) is 4.79 Å². The van der Waals surface area contributed by atoms with Crippen molar-refractivity contribution in [1.29, 1.82) is 0 Å². The fraction of sp³-hybridized carbons (Fsp3) is 0.778. The molecule has 1 saturated heterocycles. The van der Waals surface area contributed by atoms with Gasteiger partial charge in [0.2, 0.25) is 0 Å².